The van der Waals surface area contributed by atoms with Crippen LogP contribution in [0.5, 0.6) is 0 Å². The third kappa shape index (κ3) is 4.01. The van der Waals surface area contributed by atoms with Crippen molar-refractivity contribution in [3.8, 4) is 0 Å². The fourth-order valence-electron chi connectivity index (χ4n) is 2.53. The van der Waals surface area contributed by atoms with Gasteiger partial charge >= 0.3 is 0 Å². The Labute approximate surface area is 161 Å². The molecule has 3 rings (SSSR count). The number of rotatable bonds is 5. The van der Waals surface area contributed by atoms with Gasteiger partial charge in [-0.3, -0.25) is 9.98 Å². The topological polar surface area (TPSA) is 62.5 Å². The van der Waals surface area contributed by atoms with Crippen molar-refractivity contribution in [1.29, 1.82) is 0 Å². The minimum absolute atomic E-state index is 0.0281. The van der Waals surface area contributed by atoms with Crippen LogP contribution in [0.1, 0.15) is 18.3 Å². The lowest BCUT2D eigenvalue weighted by molar-refractivity contribution is 0.628. The van der Waals surface area contributed by atoms with Crippen molar-refractivity contribution in [2.24, 2.45) is 9.98 Å². The molecule has 1 heterocycles. The van der Waals surface area contributed by atoms with Crippen LogP contribution in [0.3, 0.4) is 0 Å². The summed E-state index contributed by atoms with van der Waals surface area (Å²) in [7, 11) is 0. The minimum atomic E-state index is -0.482. The van der Waals surface area contributed by atoms with Crippen molar-refractivity contribution in [1.82, 2.24) is 9.97 Å². The molecule has 0 radical (unpaired) electrons. The monoisotopic (exact) mass is 381 g/mol. The second-order valence-electron chi connectivity index (χ2n) is 5.70. The quantitative estimate of drug-likeness (QED) is 0.588. The second kappa shape index (κ2) is 8.05. The summed E-state index contributed by atoms with van der Waals surface area (Å²) in [5.41, 5.74) is 2.81. The summed E-state index contributed by atoms with van der Waals surface area (Å²) in [5, 5.41) is 4.04. The van der Waals surface area contributed by atoms with Crippen LogP contribution in [-0.2, 0) is 0 Å². The fourth-order valence-corrected chi connectivity index (χ4v) is 2.71. The van der Waals surface area contributed by atoms with Crippen molar-refractivity contribution in [2.75, 3.05) is 5.32 Å². The number of fused-ring (bicyclic) bond motifs is 1. The number of aryl methyl sites for hydroxylation is 1. The van der Waals surface area contributed by atoms with E-state index >= 15 is 0 Å². The van der Waals surface area contributed by atoms with Crippen molar-refractivity contribution in [3.05, 3.63) is 64.8 Å². The minimum Gasteiger partial charge on any atom is -0.340 e. The van der Waals surface area contributed by atoms with Gasteiger partial charge < -0.3 is 5.32 Å². The molecular formula is C20H17ClFN5. The van der Waals surface area contributed by atoms with E-state index < -0.39 is 5.82 Å². The molecule has 3 aromatic rings. The van der Waals surface area contributed by atoms with Gasteiger partial charge in [-0.15, -0.1) is 0 Å². The summed E-state index contributed by atoms with van der Waals surface area (Å²) in [6.07, 6.45) is 3.18. The van der Waals surface area contributed by atoms with Crippen LogP contribution >= 0.6 is 11.6 Å². The van der Waals surface area contributed by atoms with E-state index in [4.69, 9.17) is 11.6 Å². The summed E-state index contributed by atoms with van der Waals surface area (Å²) >= 11 is 5.89. The Morgan fingerprint density at radius 3 is 2.78 bits per heavy atom. The molecule has 7 heteroatoms. The SMILES string of the molecule is C=N/C(=C\N=C/C)c1nc(Nc2ccc(F)c(Cl)c2)c2cccc(C)c2n1. The number of para-hydroxylation sites is 1. The van der Waals surface area contributed by atoms with E-state index in [0.717, 1.165) is 16.5 Å². The van der Waals surface area contributed by atoms with E-state index in [9.17, 15) is 4.39 Å². The zero-order valence-electron chi connectivity index (χ0n) is 14.9. The zero-order chi connectivity index (χ0) is 19.4. The highest BCUT2D eigenvalue weighted by Gasteiger charge is 2.13. The molecule has 1 N–H and O–H groups in total. The molecule has 0 spiro atoms. The molecule has 2 aromatic carbocycles. The van der Waals surface area contributed by atoms with Crippen LogP contribution in [0, 0.1) is 12.7 Å². The first-order chi connectivity index (χ1) is 13.0. The third-order valence-electron chi connectivity index (χ3n) is 3.86. The highest BCUT2D eigenvalue weighted by atomic mass is 35.5. The van der Waals surface area contributed by atoms with Gasteiger partial charge in [0.05, 0.1) is 16.7 Å². The number of halogens is 2. The summed E-state index contributed by atoms with van der Waals surface area (Å²) in [4.78, 5) is 17.3. The lowest BCUT2D eigenvalue weighted by atomic mass is 10.1. The van der Waals surface area contributed by atoms with E-state index in [0.29, 0.717) is 23.0 Å². The lowest BCUT2D eigenvalue weighted by Crippen LogP contribution is -2.02. The Morgan fingerprint density at radius 2 is 2.07 bits per heavy atom. The number of hydrogen-bond donors (Lipinski definition) is 1. The molecule has 0 saturated heterocycles. The molecular weight excluding hydrogens is 365 g/mol. The van der Waals surface area contributed by atoms with Gasteiger partial charge in [-0.25, -0.2) is 14.4 Å². The Balaban J connectivity index is 2.19. The van der Waals surface area contributed by atoms with Gasteiger partial charge in [-0.05, 0) is 50.4 Å². The van der Waals surface area contributed by atoms with Crippen molar-refractivity contribution < 1.29 is 4.39 Å². The molecule has 0 amide bonds. The van der Waals surface area contributed by atoms with Gasteiger partial charge in [0.1, 0.15) is 17.3 Å². The fraction of sp³-hybridized carbons (Fsp3) is 0.100. The number of aromatic nitrogens is 2. The average molecular weight is 382 g/mol. The standard InChI is InChI=1S/C20H17ClFN5/c1-4-24-11-17(23-3)20-26-18-12(2)6-5-7-14(18)19(27-20)25-13-8-9-16(22)15(21)10-13/h4-11H,3H2,1-2H3,(H,25,26,27)/b17-11-,24-4-. The van der Waals surface area contributed by atoms with Crippen molar-refractivity contribution in [2.45, 2.75) is 13.8 Å². The van der Waals surface area contributed by atoms with Crippen molar-refractivity contribution in [3.63, 3.8) is 0 Å². The predicted molar refractivity (Wildman–Crippen MR) is 111 cm³/mol. The maximum Gasteiger partial charge on any atom is 0.182 e. The summed E-state index contributed by atoms with van der Waals surface area (Å²) in [6.45, 7) is 7.34. The van der Waals surface area contributed by atoms with E-state index in [1.54, 1.807) is 25.4 Å². The maximum absolute atomic E-state index is 13.5. The largest absolute Gasteiger partial charge is 0.340 e. The number of nitrogens with zero attached hydrogens (tertiary/aromatic N) is 4. The molecule has 0 fully saturated rings. The van der Waals surface area contributed by atoms with Gasteiger partial charge in [-0.2, -0.15) is 0 Å². The Hall–Kier alpha value is -3.12. The number of hydrogen-bond acceptors (Lipinski definition) is 5. The van der Waals surface area contributed by atoms with Crippen LogP contribution in [0.4, 0.5) is 15.9 Å². The first kappa shape index (κ1) is 18.7. The van der Waals surface area contributed by atoms with Gasteiger partial charge in [0.2, 0.25) is 0 Å². The van der Waals surface area contributed by atoms with E-state index in [1.165, 1.54) is 12.1 Å². The van der Waals surface area contributed by atoms with Crippen LogP contribution in [0.25, 0.3) is 16.6 Å². The Morgan fingerprint density at radius 1 is 1.26 bits per heavy atom. The summed E-state index contributed by atoms with van der Waals surface area (Å²) < 4.78 is 13.5. The number of anilines is 2. The van der Waals surface area contributed by atoms with Crippen molar-refractivity contribution >= 4 is 52.6 Å². The molecule has 0 bridgehead atoms. The summed E-state index contributed by atoms with van der Waals surface area (Å²) in [5.74, 6) is 0.453. The Bertz CT molecular complexity index is 1080. The van der Waals surface area contributed by atoms with Gasteiger partial charge in [0, 0.05) is 17.3 Å². The molecule has 0 saturated carbocycles. The molecule has 0 aliphatic carbocycles. The molecule has 0 atom stereocenters. The van der Waals surface area contributed by atoms with Crippen LogP contribution in [-0.4, -0.2) is 22.9 Å². The molecule has 136 valence electrons. The first-order valence-corrected chi connectivity index (χ1v) is 8.55. The molecule has 0 aliphatic rings. The molecule has 1 aromatic heterocycles. The van der Waals surface area contributed by atoms with E-state index in [2.05, 4.69) is 32.0 Å². The smallest absolute Gasteiger partial charge is 0.182 e. The second-order valence-corrected chi connectivity index (χ2v) is 6.11. The Kier molecular flexibility index (Phi) is 5.57. The lowest BCUT2D eigenvalue weighted by Gasteiger charge is -2.12. The maximum atomic E-state index is 13.5. The number of benzene rings is 2. The van der Waals surface area contributed by atoms with Gasteiger partial charge in [0.25, 0.3) is 0 Å². The van der Waals surface area contributed by atoms with Gasteiger partial charge in [-0.1, -0.05) is 23.7 Å². The predicted octanol–water partition coefficient (Wildman–Crippen LogP) is 5.56. The van der Waals surface area contributed by atoms with Crippen LogP contribution < -0.4 is 5.32 Å². The van der Waals surface area contributed by atoms with Gasteiger partial charge in [0.15, 0.2) is 5.82 Å². The highest BCUT2D eigenvalue weighted by molar-refractivity contribution is 6.31. The molecule has 27 heavy (non-hydrogen) atoms. The van der Waals surface area contributed by atoms with Crippen LogP contribution in [0.2, 0.25) is 5.02 Å². The normalized spacial score (nSPS) is 11.9. The number of aliphatic imine (C=N–C) groups is 2. The number of nitrogens with one attached hydrogen (secondary N) is 1. The molecule has 0 aliphatic heterocycles. The summed E-state index contributed by atoms with van der Waals surface area (Å²) in [6, 6.07) is 10.2. The zero-order valence-corrected chi connectivity index (χ0v) is 15.6. The third-order valence-corrected chi connectivity index (χ3v) is 4.15. The highest BCUT2D eigenvalue weighted by Crippen LogP contribution is 2.29. The van der Waals surface area contributed by atoms with E-state index in [1.807, 2.05) is 25.1 Å². The van der Waals surface area contributed by atoms with E-state index in [-0.39, 0.29) is 5.02 Å². The molecule has 5 nitrogen and oxygen atoms in total. The van der Waals surface area contributed by atoms with Crippen LogP contribution in [0.15, 0.2) is 52.6 Å². The molecule has 0 unspecified atom stereocenters. The first-order valence-electron chi connectivity index (χ1n) is 8.18. The average Bonchev–Trinajstić information content (AvgIpc) is 2.66.